The summed E-state index contributed by atoms with van der Waals surface area (Å²) in [4.78, 5) is 0. The average Bonchev–Trinajstić information content (AvgIpc) is 2.30. The number of aliphatic hydroxyl groups is 1. The van der Waals surface area contributed by atoms with Gasteiger partial charge in [-0.3, -0.25) is 0 Å². The van der Waals surface area contributed by atoms with Gasteiger partial charge in [0, 0.05) is 14.2 Å². The highest BCUT2D eigenvalue weighted by Crippen LogP contribution is 2.28. The molecule has 0 aliphatic carbocycles. The Balaban J connectivity index is 2.89. The van der Waals surface area contributed by atoms with E-state index in [0.29, 0.717) is 5.56 Å². The predicted molar refractivity (Wildman–Crippen MR) is 69.6 cm³/mol. The first-order chi connectivity index (χ1) is 8.41. The van der Waals surface area contributed by atoms with Crippen molar-refractivity contribution >= 4 is 0 Å². The molecule has 1 rings (SSSR count). The molecule has 0 aliphatic heterocycles. The lowest BCUT2D eigenvalue weighted by molar-refractivity contribution is -0.213. The zero-order chi connectivity index (χ0) is 13.8. The second kappa shape index (κ2) is 6.18. The first-order valence-electron chi connectivity index (χ1n) is 5.97. The lowest BCUT2D eigenvalue weighted by atomic mass is 9.95. The Bertz CT molecular complexity index is 353. The largest absolute Gasteiger partial charge is 0.491 e. The molecule has 0 spiro atoms. The van der Waals surface area contributed by atoms with Crippen LogP contribution >= 0.6 is 0 Å². The topological polar surface area (TPSA) is 47.9 Å². The van der Waals surface area contributed by atoms with Gasteiger partial charge in [0.15, 0.2) is 6.29 Å². The molecule has 0 fully saturated rings. The van der Waals surface area contributed by atoms with Crippen LogP contribution < -0.4 is 4.74 Å². The van der Waals surface area contributed by atoms with Gasteiger partial charge in [0.2, 0.25) is 0 Å². The summed E-state index contributed by atoms with van der Waals surface area (Å²) >= 11 is 0. The van der Waals surface area contributed by atoms with Crippen LogP contribution in [0.3, 0.4) is 0 Å². The molecule has 18 heavy (non-hydrogen) atoms. The van der Waals surface area contributed by atoms with Gasteiger partial charge in [0.25, 0.3) is 0 Å². The van der Waals surface area contributed by atoms with E-state index in [0.717, 1.165) is 5.75 Å². The van der Waals surface area contributed by atoms with Crippen molar-refractivity contribution in [1.29, 1.82) is 0 Å². The Morgan fingerprint density at radius 2 is 1.56 bits per heavy atom. The first-order valence-corrected chi connectivity index (χ1v) is 5.97. The molecule has 0 aromatic heterocycles. The molecule has 0 bridgehead atoms. The zero-order valence-corrected chi connectivity index (χ0v) is 11.6. The Labute approximate surface area is 108 Å². The van der Waals surface area contributed by atoms with Crippen molar-refractivity contribution in [3.05, 3.63) is 29.8 Å². The van der Waals surface area contributed by atoms with Crippen LogP contribution in [0.15, 0.2) is 24.3 Å². The lowest BCUT2D eigenvalue weighted by Crippen LogP contribution is -2.39. The highest BCUT2D eigenvalue weighted by molar-refractivity contribution is 5.31. The average molecular weight is 254 g/mol. The fraction of sp³-hybridized carbons (Fsp3) is 0.571. The van der Waals surface area contributed by atoms with Gasteiger partial charge in [0.05, 0.1) is 6.10 Å². The molecular weight excluding hydrogens is 232 g/mol. The van der Waals surface area contributed by atoms with E-state index in [2.05, 4.69) is 0 Å². The highest BCUT2D eigenvalue weighted by Gasteiger charge is 2.34. The fourth-order valence-corrected chi connectivity index (χ4v) is 1.83. The number of methoxy groups -OCH3 is 2. The standard InChI is InChI=1S/C14H22O4/c1-10(2)18-12-8-6-11(7-9-12)14(3,15)13(16-4)17-5/h6-10,13,15H,1-5H3. The minimum absolute atomic E-state index is 0.127. The third kappa shape index (κ3) is 3.45. The van der Waals surface area contributed by atoms with E-state index in [1.807, 2.05) is 38.1 Å². The van der Waals surface area contributed by atoms with Gasteiger partial charge in [0.1, 0.15) is 11.4 Å². The third-order valence-corrected chi connectivity index (χ3v) is 2.70. The van der Waals surface area contributed by atoms with E-state index < -0.39 is 11.9 Å². The maximum Gasteiger partial charge on any atom is 0.189 e. The predicted octanol–water partition coefficient (Wildman–Crippen LogP) is 2.30. The molecule has 1 unspecified atom stereocenters. The molecule has 0 aliphatic rings. The van der Waals surface area contributed by atoms with Crippen molar-refractivity contribution < 1.29 is 19.3 Å². The number of hydrogen-bond acceptors (Lipinski definition) is 4. The molecular formula is C14H22O4. The minimum atomic E-state index is -1.21. The molecule has 4 nitrogen and oxygen atoms in total. The van der Waals surface area contributed by atoms with Crippen LogP contribution in [0.25, 0.3) is 0 Å². The van der Waals surface area contributed by atoms with Gasteiger partial charge in [-0.15, -0.1) is 0 Å². The van der Waals surface area contributed by atoms with Crippen LogP contribution in [-0.4, -0.2) is 31.7 Å². The molecule has 1 atom stereocenters. The van der Waals surface area contributed by atoms with Crippen LogP contribution in [-0.2, 0) is 15.1 Å². The summed E-state index contributed by atoms with van der Waals surface area (Å²) in [7, 11) is 3.00. The van der Waals surface area contributed by atoms with Crippen molar-refractivity contribution in [2.45, 2.75) is 38.8 Å². The molecule has 1 aromatic rings. The van der Waals surface area contributed by atoms with Crippen molar-refractivity contribution in [3.8, 4) is 5.75 Å². The normalized spacial score (nSPS) is 14.9. The zero-order valence-electron chi connectivity index (χ0n) is 11.6. The molecule has 0 saturated heterocycles. The molecule has 4 heteroatoms. The molecule has 102 valence electrons. The van der Waals surface area contributed by atoms with Crippen molar-refractivity contribution in [2.75, 3.05) is 14.2 Å². The summed E-state index contributed by atoms with van der Waals surface area (Å²) in [5, 5.41) is 10.4. The van der Waals surface area contributed by atoms with Gasteiger partial charge in [-0.25, -0.2) is 0 Å². The number of hydrogen-bond donors (Lipinski definition) is 1. The smallest absolute Gasteiger partial charge is 0.189 e. The highest BCUT2D eigenvalue weighted by atomic mass is 16.7. The van der Waals surface area contributed by atoms with E-state index in [1.54, 1.807) is 6.92 Å². The molecule has 0 saturated carbocycles. The lowest BCUT2D eigenvalue weighted by Gasteiger charge is -2.31. The molecule has 0 radical (unpaired) electrons. The van der Waals surface area contributed by atoms with Crippen LogP contribution in [0.5, 0.6) is 5.75 Å². The molecule has 1 N–H and O–H groups in total. The summed E-state index contributed by atoms with van der Waals surface area (Å²) in [6.07, 6.45) is -0.587. The second-order valence-corrected chi connectivity index (χ2v) is 4.64. The van der Waals surface area contributed by atoms with E-state index in [-0.39, 0.29) is 6.10 Å². The summed E-state index contributed by atoms with van der Waals surface area (Å²) < 4.78 is 15.8. The number of ether oxygens (including phenoxy) is 3. The Morgan fingerprint density at radius 3 is 1.94 bits per heavy atom. The summed E-state index contributed by atoms with van der Waals surface area (Å²) in [6, 6.07) is 7.27. The molecule has 1 aromatic carbocycles. The number of benzene rings is 1. The van der Waals surface area contributed by atoms with Crippen LogP contribution in [0, 0.1) is 0 Å². The fourth-order valence-electron chi connectivity index (χ4n) is 1.83. The maximum atomic E-state index is 10.4. The van der Waals surface area contributed by atoms with E-state index >= 15 is 0 Å². The van der Waals surface area contributed by atoms with E-state index in [1.165, 1.54) is 14.2 Å². The van der Waals surface area contributed by atoms with Crippen molar-refractivity contribution in [3.63, 3.8) is 0 Å². The van der Waals surface area contributed by atoms with E-state index in [4.69, 9.17) is 14.2 Å². The summed E-state index contributed by atoms with van der Waals surface area (Å²) in [5.74, 6) is 0.774. The number of rotatable bonds is 6. The Kier molecular flexibility index (Phi) is 5.14. The van der Waals surface area contributed by atoms with Gasteiger partial charge < -0.3 is 19.3 Å². The first kappa shape index (κ1) is 15.0. The van der Waals surface area contributed by atoms with Gasteiger partial charge in [-0.05, 0) is 38.5 Å². The third-order valence-electron chi connectivity index (χ3n) is 2.70. The quantitative estimate of drug-likeness (QED) is 0.791. The monoisotopic (exact) mass is 254 g/mol. The van der Waals surface area contributed by atoms with Crippen molar-refractivity contribution in [2.24, 2.45) is 0 Å². The summed E-state index contributed by atoms with van der Waals surface area (Å²) in [5.41, 5.74) is -0.493. The van der Waals surface area contributed by atoms with Crippen LogP contribution in [0.1, 0.15) is 26.3 Å². The van der Waals surface area contributed by atoms with E-state index in [9.17, 15) is 5.11 Å². The Morgan fingerprint density at radius 1 is 1.06 bits per heavy atom. The second-order valence-electron chi connectivity index (χ2n) is 4.64. The Hall–Kier alpha value is -1.10. The maximum absolute atomic E-state index is 10.4. The summed E-state index contributed by atoms with van der Waals surface area (Å²) in [6.45, 7) is 5.59. The van der Waals surface area contributed by atoms with Crippen molar-refractivity contribution in [1.82, 2.24) is 0 Å². The molecule has 0 amide bonds. The van der Waals surface area contributed by atoms with Crippen LogP contribution in [0.4, 0.5) is 0 Å². The minimum Gasteiger partial charge on any atom is -0.491 e. The van der Waals surface area contributed by atoms with Gasteiger partial charge in [-0.1, -0.05) is 12.1 Å². The SMILES string of the molecule is COC(OC)C(C)(O)c1ccc(OC(C)C)cc1. The molecule has 0 heterocycles. The van der Waals surface area contributed by atoms with Crippen LogP contribution in [0.2, 0.25) is 0 Å². The van der Waals surface area contributed by atoms with Gasteiger partial charge >= 0.3 is 0 Å². The van der Waals surface area contributed by atoms with Gasteiger partial charge in [-0.2, -0.15) is 0 Å².